The number of halogens is 3. The van der Waals surface area contributed by atoms with Gasteiger partial charge in [-0.15, -0.1) is 11.3 Å². The van der Waals surface area contributed by atoms with Gasteiger partial charge in [0.2, 0.25) is 25.1 Å². The lowest BCUT2D eigenvalue weighted by molar-refractivity contribution is -0.146. The highest BCUT2D eigenvalue weighted by molar-refractivity contribution is 7.59. The number of alkyl halides is 3. The van der Waals surface area contributed by atoms with Gasteiger partial charge in [-0.1, -0.05) is 55.3 Å². The Bertz CT molecular complexity index is 2350. The Morgan fingerprint density at radius 1 is 1.10 bits per heavy atom. The van der Waals surface area contributed by atoms with Gasteiger partial charge in [0.25, 0.3) is 0 Å². The number of pyridine rings is 1. The first kappa shape index (κ1) is 45.0. The summed E-state index contributed by atoms with van der Waals surface area (Å²) in [6.45, 7) is 3.88. The van der Waals surface area contributed by atoms with E-state index in [0.29, 0.717) is 70.2 Å². The average Bonchev–Trinajstić information content (AvgIpc) is 3.49. The maximum Gasteiger partial charge on any atom is 0.389 e. The van der Waals surface area contributed by atoms with Crippen molar-refractivity contribution in [1.29, 1.82) is 0 Å². The van der Waals surface area contributed by atoms with Crippen molar-refractivity contribution in [3.8, 4) is 22.9 Å². The zero-order valence-corrected chi connectivity index (χ0v) is 36.5. The first-order valence-electron chi connectivity index (χ1n) is 20.9. The second-order valence-electron chi connectivity index (χ2n) is 16.6. The second kappa shape index (κ2) is 18.8. The van der Waals surface area contributed by atoms with E-state index in [4.69, 9.17) is 19.4 Å². The largest absolute Gasteiger partial charge is 0.497 e. The van der Waals surface area contributed by atoms with Gasteiger partial charge in [-0.25, -0.2) is 9.97 Å². The summed E-state index contributed by atoms with van der Waals surface area (Å²) in [5, 5.41) is 10.5. The van der Waals surface area contributed by atoms with E-state index in [1.54, 1.807) is 61.7 Å². The maximum atomic E-state index is 14.7. The van der Waals surface area contributed by atoms with Crippen LogP contribution >= 0.6 is 18.7 Å². The number of carbonyl (C=O) groups excluding carboxylic acids is 3. The summed E-state index contributed by atoms with van der Waals surface area (Å²) in [7, 11) is -2.60. The van der Waals surface area contributed by atoms with E-state index < -0.39 is 73.5 Å². The predicted octanol–water partition coefficient (Wildman–Crippen LogP) is 8.19. The van der Waals surface area contributed by atoms with Crippen LogP contribution in [-0.2, 0) is 25.1 Å². The molecule has 2 fully saturated rings. The molecule has 18 heteroatoms. The van der Waals surface area contributed by atoms with Gasteiger partial charge < -0.3 is 35.2 Å². The molecular weight excluding hydrogens is 845 g/mol. The lowest BCUT2D eigenvalue weighted by Gasteiger charge is -2.31. The minimum Gasteiger partial charge on any atom is -0.497 e. The quantitative estimate of drug-likeness (QED) is 0.0803. The molecule has 0 radical (unpaired) electrons. The van der Waals surface area contributed by atoms with E-state index in [1.807, 2.05) is 31.4 Å². The fraction of sp³-hybridized carbons (Fsp3) is 0.477. The number of thiazole rings is 1. The van der Waals surface area contributed by atoms with Crippen molar-refractivity contribution in [3.63, 3.8) is 0 Å². The summed E-state index contributed by atoms with van der Waals surface area (Å²) < 4.78 is 66.0. The van der Waals surface area contributed by atoms with E-state index in [1.165, 1.54) is 16.2 Å². The van der Waals surface area contributed by atoms with Crippen molar-refractivity contribution in [3.05, 3.63) is 77.7 Å². The number of anilines is 1. The number of nitrogens with one attached hydrogen (secondary N) is 3. The maximum absolute atomic E-state index is 14.7. The molecule has 1 saturated carbocycles. The lowest BCUT2D eigenvalue weighted by atomic mass is 10.0. The number of allylic oxidation sites excluding steroid dienone is 1. The van der Waals surface area contributed by atoms with Crippen LogP contribution in [0.5, 0.6) is 11.5 Å². The molecular formula is C44H52F3N6O7PS. The zero-order valence-electron chi connectivity index (χ0n) is 34.8. The van der Waals surface area contributed by atoms with E-state index in [0.717, 1.165) is 0 Å². The third kappa shape index (κ3) is 10.6. The molecule has 2 aromatic heterocycles. The van der Waals surface area contributed by atoms with E-state index in [9.17, 15) is 37.0 Å². The van der Waals surface area contributed by atoms with Crippen molar-refractivity contribution >= 4 is 52.5 Å². The number of fused-ring (bicyclic) bond motifs is 3. The molecule has 2 unspecified atom stereocenters. The predicted molar refractivity (Wildman–Crippen MR) is 231 cm³/mol. The Hall–Kier alpha value is -4.99. The number of rotatable bonds is 12. The van der Waals surface area contributed by atoms with Crippen molar-refractivity contribution in [1.82, 2.24) is 25.5 Å². The van der Waals surface area contributed by atoms with Gasteiger partial charge in [0.1, 0.15) is 40.7 Å². The van der Waals surface area contributed by atoms with Gasteiger partial charge in [0.15, 0.2) is 5.13 Å². The molecule has 1 saturated heterocycles. The van der Waals surface area contributed by atoms with Gasteiger partial charge in [-0.2, -0.15) is 13.2 Å². The van der Waals surface area contributed by atoms with Crippen LogP contribution in [0.3, 0.4) is 0 Å². The van der Waals surface area contributed by atoms with Crippen LogP contribution in [0, 0.1) is 5.92 Å². The molecule has 0 bridgehead atoms. The smallest absolute Gasteiger partial charge is 0.389 e. The fourth-order valence-corrected chi connectivity index (χ4v) is 11.4. The molecule has 4 N–H and O–H groups in total. The zero-order chi connectivity index (χ0) is 44.2. The summed E-state index contributed by atoms with van der Waals surface area (Å²) >= 11 is 1.42. The van der Waals surface area contributed by atoms with Gasteiger partial charge in [0.05, 0.1) is 37.4 Å². The molecule has 6 atom stereocenters. The Morgan fingerprint density at radius 3 is 2.63 bits per heavy atom. The van der Waals surface area contributed by atoms with Crippen molar-refractivity contribution in [2.24, 2.45) is 5.92 Å². The first-order chi connectivity index (χ1) is 29.5. The van der Waals surface area contributed by atoms with Crippen LogP contribution in [0.15, 0.2) is 72.1 Å². The minimum absolute atomic E-state index is 0.0359. The molecule has 1 aliphatic carbocycles. The highest BCUT2D eigenvalue weighted by Crippen LogP contribution is 2.71. The number of hydrogen-bond acceptors (Lipinski definition) is 10. The van der Waals surface area contributed by atoms with Gasteiger partial charge >= 0.3 is 6.18 Å². The summed E-state index contributed by atoms with van der Waals surface area (Å²) in [4.78, 5) is 65.0. The highest BCUT2D eigenvalue weighted by atomic mass is 32.1. The summed E-state index contributed by atoms with van der Waals surface area (Å²) in [5.41, 5.74) is 2.27. The molecule has 62 heavy (non-hydrogen) atoms. The Kier molecular flexibility index (Phi) is 13.6. The number of aromatic nitrogens is 2. The van der Waals surface area contributed by atoms with Gasteiger partial charge in [-0.3, -0.25) is 18.9 Å². The summed E-state index contributed by atoms with van der Waals surface area (Å²) in [5.74, 6) is -1.74. The molecule has 4 aromatic rings. The topological polar surface area (TPSA) is 172 Å². The molecule has 2 aliphatic heterocycles. The van der Waals surface area contributed by atoms with E-state index in [2.05, 4.69) is 16.0 Å². The van der Waals surface area contributed by atoms with Gasteiger partial charge in [0, 0.05) is 47.7 Å². The summed E-state index contributed by atoms with van der Waals surface area (Å²) in [6.07, 6.45) is -1.17. The molecule has 13 nitrogen and oxygen atoms in total. The third-order valence-corrected chi connectivity index (χ3v) is 14.9. The Labute approximate surface area is 362 Å². The molecule has 7 rings (SSSR count). The van der Waals surface area contributed by atoms with Crippen molar-refractivity contribution < 1.29 is 46.5 Å². The van der Waals surface area contributed by atoms with E-state index >= 15 is 0 Å². The second-order valence-corrected chi connectivity index (χ2v) is 20.0. The fourth-order valence-electron chi connectivity index (χ4n) is 8.22. The van der Waals surface area contributed by atoms with Crippen LogP contribution < -0.4 is 25.4 Å². The highest BCUT2D eigenvalue weighted by Gasteiger charge is 2.66. The number of methoxy groups -OCH3 is 1. The molecule has 3 aliphatic rings. The number of ether oxygens (including phenoxy) is 2. The Balaban J connectivity index is 1.23. The van der Waals surface area contributed by atoms with Crippen LogP contribution in [0.2, 0.25) is 0 Å². The van der Waals surface area contributed by atoms with Crippen molar-refractivity contribution in [2.45, 2.75) is 113 Å². The third-order valence-electron chi connectivity index (χ3n) is 11.5. The van der Waals surface area contributed by atoms with Crippen LogP contribution in [0.4, 0.5) is 18.3 Å². The molecule has 3 amide bonds. The normalized spacial score (nSPS) is 24.8. The average molecular weight is 897 g/mol. The number of amides is 3. The minimum atomic E-state index is -4.57. The summed E-state index contributed by atoms with van der Waals surface area (Å²) in [6, 6.07) is 13.6. The van der Waals surface area contributed by atoms with Crippen LogP contribution in [0.25, 0.3) is 22.3 Å². The number of hydrogen-bond donors (Lipinski definition) is 4. The molecule has 0 spiro atoms. The molecule has 332 valence electrons. The van der Waals surface area contributed by atoms with E-state index in [-0.39, 0.29) is 38.0 Å². The SMILES string of the molecule is COc1ccc2c(O[C@@H]3C[C@H]4C(=O)N[C@]5(P(=O)(O)Cc6ccccc6)C[C@H]5/C=C\CCCCCC(NC(=O)CCC(F)(F)F)C(=O)N4C3)cc(-c3csc(NC(C)C)n3)nc2c1. The lowest BCUT2D eigenvalue weighted by Crippen LogP contribution is -2.55. The molecule has 2 aromatic carbocycles. The van der Waals surface area contributed by atoms with Crippen molar-refractivity contribution in [2.75, 3.05) is 19.0 Å². The van der Waals surface area contributed by atoms with Gasteiger partial charge in [-0.05, 0) is 57.2 Å². The number of nitrogens with zero attached hydrogens (tertiary/aromatic N) is 3. The number of benzene rings is 2. The standard InChI is InChI=1S/C44H52F3N6O7PS/c1-27(2)48-42-51-36(26-62-42)35-22-38(32-17-16-30(59-3)20-34(32)49-35)60-31-21-37-40(55)52-43(61(57,58)25-28-12-8-7-9-13-28)23-29(43)14-10-5-4-6-11-15-33(41(56)53(37)24-31)50-39(54)18-19-44(45,46)47/h7-10,12-14,16-17,20,22,26-27,29,31,33,37H,4-6,11,15,18-19,21,23-25H2,1-3H3,(H,48,51)(H,50,54)(H,52,55)(H,57,58)/b14-10-/t29-,31-,33?,37+,43+/m1/s1. The van der Waals surface area contributed by atoms with Crippen LogP contribution in [0.1, 0.15) is 77.2 Å². The first-order valence-corrected chi connectivity index (χ1v) is 23.7. The number of carbonyl (C=O) groups is 3. The Morgan fingerprint density at radius 2 is 1.89 bits per heavy atom. The monoisotopic (exact) mass is 896 g/mol. The molecule has 4 heterocycles. The van der Waals surface area contributed by atoms with Crippen LogP contribution in [-0.4, -0.2) is 86.8 Å².